The second-order valence-corrected chi connectivity index (χ2v) is 8.10. The number of hydrogen-bond acceptors (Lipinski definition) is 6. The van der Waals surface area contributed by atoms with Crippen molar-refractivity contribution in [3.63, 3.8) is 0 Å². The van der Waals surface area contributed by atoms with Crippen LogP contribution in [0.25, 0.3) is 0 Å². The van der Waals surface area contributed by atoms with Crippen LogP contribution in [0.4, 0.5) is 5.69 Å². The third kappa shape index (κ3) is 5.72. The molecule has 156 valence electrons. The monoisotopic (exact) mass is 426 g/mol. The summed E-state index contributed by atoms with van der Waals surface area (Å²) in [6.45, 7) is 2.18. The molecule has 0 aliphatic rings. The maximum atomic E-state index is 13.0. The molecule has 2 rings (SSSR count). The Morgan fingerprint density at radius 1 is 1.07 bits per heavy atom. The van der Waals surface area contributed by atoms with Gasteiger partial charge in [0.25, 0.3) is 15.9 Å². The summed E-state index contributed by atoms with van der Waals surface area (Å²) in [5.74, 6) is -0.373. The van der Waals surface area contributed by atoms with Crippen LogP contribution in [0.5, 0.6) is 5.75 Å². The van der Waals surface area contributed by atoms with E-state index >= 15 is 0 Å². The zero-order valence-electron chi connectivity index (χ0n) is 16.8. The molecule has 2 aromatic carbocycles. The number of rotatable bonds is 9. The molecule has 0 saturated heterocycles. The number of anilines is 1. The van der Waals surface area contributed by atoms with Crippen molar-refractivity contribution >= 4 is 21.6 Å². The molecule has 0 aromatic heterocycles. The molecule has 1 amide bonds. The van der Waals surface area contributed by atoms with Crippen LogP contribution in [0.2, 0.25) is 0 Å². The van der Waals surface area contributed by atoms with Crippen molar-refractivity contribution in [2.45, 2.75) is 24.7 Å². The topological polar surface area (TPSA) is 123 Å². The quantitative estimate of drug-likeness (QED) is 0.657. The summed E-state index contributed by atoms with van der Waals surface area (Å²) < 4.78 is 33.6. The van der Waals surface area contributed by atoms with Gasteiger partial charge in [-0.1, -0.05) is 17.7 Å². The number of hydrogen-bond donors (Lipinski definition) is 1. The number of nitriles is 2. The Morgan fingerprint density at radius 2 is 1.67 bits per heavy atom. The summed E-state index contributed by atoms with van der Waals surface area (Å²) in [7, 11) is -2.69. The van der Waals surface area contributed by atoms with Crippen molar-refractivity contribution in [2.75, 3.05) is 24.9 Å². The largest absolute Gasteiger partial charge is 0.495 e. The first-order chi connectivity index (χ1) is 14.3. The molecule has 0 unspecified atom stereocenters. The van der Waals surface area contributed by atoms with Crippen LogP contribution in [-0.2, 0) is 10.0 Å². The lowest BCUT2D eigenvalue weighted by molar-refractivity contribution is 0.0762. The molecule has 8 nitrogen and oxygen atoms in total. The second kappa shape index (κ2) is 10.3. The number of carbonyl (C=O) groups excluding carboxylic acids is 1. The highest BCUT2D eigenvalue weighted by molar-refractivity contribution is 7.92. The van der Waals surface area contributed by atoms with Gasteiger partial charge in [-0.2, -0.15) is 10.5 Å². The fourth-order valence-electron chi connectivity index (χ4n) is 2.72. The maximum Gasteiger partial charge on any atom is 0.265 e. The molecule has 0 bridgehead atoms. The standard InChI is InChI=1S/C21H22N4O4S/c1-16-5-8-18(9-6-16)24-30(27,28)20-15-17(7-10-19(20)29-2)21(26)25(13-3-11-22)14-4-12-23/h5-10,15,24H,3-4,13-14H2,1-2H3. The van der Waals surface area contributed by atoms with Gasteiger partial charge < -0.3 is 9.64 Å². The Labute approximate surface area is 176 Å². The summed E-state index contributed by atoms with van der Waals surface area (Å²) in [4.78, 5) is 14.1. The van der Waals surface area contributed by atoms with Crippen LogP contribution in [0, 0.1) is 29.6 Å². The van der Waals surface area contributed by atoms with Crippen LogP contribution < -0.4 is 9.46 Å². The van der Waals surface area contributed by atoms with Crippen LogP contribution in [0.1, 0.15) is 28.8 Å². The Balaban J connectivity index is 2.39. The third-order valence-corrected chi connectivity index (χ3v) is 5.68. The predicted molar refractivity (Wildman–Crippen MR) is 111 cm³/mol. The van der Waals surface area contributed by atoms with Crippen LogP contribution in [0.3, 0.4) is 0 Å². The Bertz CT molecular complexity index is 1070. The van der Waals surface area contributed by atoms with Gasteiger partial charge in [-0.25, -0.2) is 8.42 Å². The molecule has 1 N–H and O–H groups in total. The molecule has 9 heteroatoms. The molecule has 0 radical (unpaired) electrons. The zero-order valence-corrected chi connectivity index (χ0v) is 17.6. The SMILES string of the molecule is COc1ccc(C(=O)N(CCC#N)CCC#N)cc1S(=O)(=O)Nc1ccc(C)cc1. The van der Waals surface area contributed by atoms with E-state index < -0.39 is 15.9 Å². The van der Waals surface area contributed by atoms with Gasteiger partial charge in [0, 0.05) is 24.3 Å². The van der Waals surface area contributed by atoms with Crippen LogP contribution in [-0.4, -0.2) is 39.4 Å². The number of ether oxygens (including phenoxy) is 1. The molecular weight excluding hydrogens is 404 g/mol. The highest BCUT2D eigenvalue weighted by Gasteiger charge is 2.24. The third-order valence-electron chi connectivity index (χ3n) is 4.28. The van der Waals surface area contributed by atoms with Gasteiger partial charge in [-0.3, -0.25) is 9.52 Å². The summed E-state index contributed by atoms with van der Waals surface area (Å²) in [5, 5.41) is 17.6. The van der Waals surface area contributed by atoms with E-state index in [1.165, 1.54) is 30.2 Å². The summed E-state index contributed by atoms with van der Waals surface area (Å²) in [6, 6.07) is 14.9. The number of methoxy groups -OCH3 is 1. The average molecular weight is 426 g/mol. The van der Waals surface area contributed by atoms with E-state index in [9.17, 15) is 13.2 Å². The summed E-state index contributed by atoms with van der Waals surface area (Å²) in [6.07, 6.45) is 0.209. The molecule has 2 aromatic rings. The second-order valence-electron chi connectivity index (χ2n) is 6.45. The first-order valence-electron chi connectivity index (χ1n) is 9.13. The van der Waals surface area contributed by atoms with Crippen molar-refractivity contribution in [3.05, 3.63) is 53.6 Å². The number of amides is 1. The highest BCUT2D eigenvalue weighted by atomic mass is 32.2. The van der Waals surface area contributed by atoms with Gasteiger partial charge in [-0.05, 0) is 37.3 Å². The number of carbonyl (C=O) groups is 1. The Morgan fingerprint density at radius 3 is 2.20 bits per heavy atom. The van der Waals surface area contributed by atoms with Gasteiger partial charge >= 0.3 is 0 Å². The molecule has 0 aliphatic carbocycles. The van der Waals surface area contributed by atoms with Gasteiger partial charge in [0.05, 0.1) is 32.1 Å². The fraction of sp³-hybridized carbons (Fsp3) is 0.286. The minimum absolute atomic E-state index is 0.0896. The van der Waals surface area contributed by atoms with Crippen molar-refractivity contribution in [1.29, 1.82) is 10.5 Å². The molecule has 0 spiro atoms. The predicted octanol–water partition coefficient (Wildman–Crippen LogP) is 3.07. The number of sulfonamides is 1. The number of nitrogens with zero attached hydrogens (tertiary/aromatic N) is 3. The highest BCUT2D eigenvalue weighted by Crippen LogP contribution is 2.27. The van der Waals surface area contributed by atoms with Crippen molar-refractivity contribution < 1.29 is 17.9 Å². The minimum atomic E-state index is -4.03. The van der Waals surface area contributed by atoms with E-state index in [2.05, 4.69) is 4.72 Å². The van der Waals surface area contributed by atoms with Crippen molar-refractivity contribution in [3.8, 4) is 17.9 Å². The molecular formula is C21H22N4O4S. The smallest absolute Gasteiger partial charge is 0.265 e. The Kier molecular flexibility index (Phi) is 7.79. The molecule has 0 aliphatic heterocycles. The lowest BCUT2D eigenvalue weighted by atomic mass is 10.1. The normalized spacial score (nSPS) is 10.5. The van der Waals surface area contributed by atoms with E-state index in [1.54, 1.807) is 24.3 Å². The van der Waals surface area contributed by atoms with E-state index in [0.29, 0.717) is 5.69 Å². The molecule has 30 heavy (non-hydrogen) atoms. The van der Waals surface area contributed by atoms with E-state index in [1.807, 2.05) is 19.1 Å². The first-order valence-corrected chi connectivity index (χ1v) is 10.6. The van der Waals surface area contributed by atoms with Gasteiger partial charge in [0.15, 0.2) is 0 Å². The first kappa shape index (κ1) is 22.7. The fourth-order valence-corrected chi connectivity index (χ4v) is 3.97. The molecule has 0 fully saturated rings. The van der Waals surface area contributed by atoms with Crippen molar-refractivity contribution in [2.24, 2.45) is 0 Å². The van der Waals surface area contributed by atoms with Gasteiger partial charge in [0.1, 0.15) is 10.6 Å². The summed E-state index contributed by atoms with van der Waals surface area (Å²) in [5.41, 5.74) is 1.48. The molecule has 0 saturated carbocycles. The zero-order chi connectivity index (χ0) is 22.1. The van der Waals surface area contributed by atoms with E-state index in [0.717, 1.165) is 5.56 Å². The van der Waals surface area contributed by atoms with E-state index in [-0.39, 0.29) is 42.1 Å². The summed E-state index contributed by atoms with van der Waals surface area (Å²) >= 11 is 0. The maximum absolute atomic E-state index is 13.0. The van der Waals surface area contributed by atoms with Crippen molar-refractivity contribution in [1.82, 2.24) is 4.90 Å². The Hall–Kier alpha value is -3.56. The molecule has 0 heterocycles. The molecule has 0 atom stereocenters. The van der Waals surface area contributed by atoms with Crippen LogP contribution in [0.15, 0.2) is 47.4 Å². The lowest BCUT2D eigenvalue weighted by Crippen LogP contribution is -2.33. The average Bonchev–Trinajstić information content (AvgIpc) is 2.74. The number of aryl methyl sites for hydroxylation is 1. The minimum Gasteiger partial charge on any atom is -0.495 e. The number of nitrogens with one attached hydrogen (secondary N) is 1. The lowest BCUT2D eigenvalue weighted by Gasteiger charge is -2.21. The number of benzene rings is 2. The van der Waals surface area contributed by atoms with Crippen LogP contribution >= 0.6 is 0 Å². The van der Waals surface area contributed by atoms with Gasteiger partial charge in [0.2, 0.25) is 0 Å². The van der Waals surface area contributed by atoms with E-state index in [4.69, 9.17) is 15.3 Å². The van der Waals surface area contributed by atoms with Gasteiger partial charge in [-0.15, -0.1) is 0 Å².